The lowest BCUT2D eigenvalue weighted by molar-refractivity contribution is 0.102. The first-order chi connectivity index (χ1) is 15.1. The number of aromatic nitrogens is 3. The number of nitrogens with zero attached hydrogens (tertiary/aromatic N) is 2. The second-order valence-electron chi connectivity index (χ2n) is 6.89. The lowest BCUT2D eigenvalue weighted by Crippen LogP contribution is -2.12. The molecule has 0 aliphatic heterocycles. The fourth-order valence-corrected chi connectivity index (χ4v) is 3.22. The Bertz CT molecular complexity index is 1170. The zero-order valence-corrected chi connectivity index (χ0v) is 17.7. The molecule has 0 unspecified atom stereocenters. The molecule has 0 radical (unpaired) electrons. The Hall–Kier alpha value is -3.64. The Kier molecular flexibility index (Phi) is 6.29. The lowest BCUT2D eigenvalue weighted by atomic mass is 10.1. The monoisotopic (exact) mass is 432 g/mol. The largest absolute Gasteiger partial charge is 0.478 e. The fraction of sp³-hybridized carbons (Fsp3) is 0.125. The van der Waals surface area contributed by atoms with Gasteiger partial charge in [0.1, 0.15) is 5.82 Å². The van der Waals surface area contributed by atoms with Gasteiger partial charge in [-0.05, 0) is 36.2 Å². The third-order valence-electron chi connectivity index (χ3n) is 4.59. The van der Waals surface area contributed by atoms with Gasteiger partial charge in [0.15, 0.2) is 0 Å². The van der Waals surface area contributed by atoms with E-state index in [1.807, 2.05) is 37.3 Å². The van der Waals surface area contributed by atoms with Crippen molar-refractivity contribution in [2.75, 3.05) is 11.9 Å². The number of pyridine rings is 1. The number of nitrogens with one attached hydrogen (secondary N) is 2. The molecule has 0 atom stereocenters. The first kappa shape index (κ1) is 20.6. The number of carbonyl (C=O) groups excluding carboxylic acids is 1. The number of H-pyrrole nitrogens is 1. The van der Waals surface area contributed by atoms with Gasteiger partial charge in [-0.2, -0.15) is 0 Å². The highest BCUT2D eigenvalue weighted by Gasteiger charge is 2.12. The van der Waals surface area contributed by atoms with E-state index < -0.39 is 0 Å². The summed E-state index contributed by atoms with van der Waals surface area (Å²) >= 11 is 6.40. The molecular formula is C24H21ClN4O2. The first-order valence-electron chi connectivity index (χ1n) is 9.94. The van der Waals surface area contributed by atoms with Crippen molar-refractivity contribution in [2.24, 2.45) is 0 Å². The second-order valence-corrected chi connectivity index (χ2v) is 7.30. The summed E-state index contributed by atoms with van der Waals surface area (Å²) in [7, 11) is 0. The van der Waals surface area contributed by atoms with Crippen LogP contribution in [0.25, 0.3) is 22.6 Å². The minimum absolute atomic E-state index is 0.271. The maximum absolute atomic E-state index is 12.6. The van der Waals surface area contributed by atoms with Crippen molar-refractivity contribution >= 4 is 23.2 Å². The van der Waals surface area contributed by atoms with Crippen LogP contribution >= 0.6 is 11.6 Å². The normalized spacial score (nSPS) is 10.6. The van der Waals surface area contributed by atoms with E-state index in [1.165, 1.54) is 6.20 Å². The van der Waals surface area contributed by atoms with Crippen molar-refractivity contribution in [2.45, 2.75) is 13.3 Å². The van der Waals surface area contributed by atoms with Crippen LogP contribution < -0.4 is 10.1 Å². The van der Waals surface area contributed by atoms with Crippen molar-refractivity contribution in [3.8, 4) is 28.5 Å². The molecule has 0 saturated carbocycles. The molecule has 0 bridgehead atoms. The highest BCUT2D eigenvalue weighted by molar-refractivity contribution is 6.33. The van der Waals surface area contributed by atoms with E-state index in [0.717, 1.165) is 17.7 Å². The Balaban J connectivity index is 1.52. The number of imidazole rings is 1. The van der Waals surface area contributed by atoms with Crippen molar-refractivity contribution in [3.63, 3.8) is 0 Å². The smallest absolute Gasteiger partial charge is 0.257 e. The van der Waals surface area contributed by atoms with Gasteiger partial charge in [0.05, 0.1) is 29.1 Å². The molecule has 0 aliphatic rings. The number of anilines is 1. The summed E-state index contributed by atoms with van der Waals surface area (Å²) in [6.45, 7) is 2.61. The van der Waals surface area contributed by atoms with Crippen LogP contribution in [0.2, 0.25) is 5.02 Å². The van der Waals surface area contributed by atoms with Crippen molar-refractivity contribution in [1.82, 2.24) is 15.0 Å². The number of amides is 1. The molecule has 2 heterocycles. The van der Waals surface area contributed by atoms with Crippen LogP contribution in [0.3, 0.4) is 0 Å². The maximum atomic E-state index is 12.6. The minimum Gasteiger partial charge on any atom is -0.478 e. The zero-order valence-electron chi connectivity index (χ0n) is 16.9. The quantitative estimate of drug-likeness (QED) is 0.385. The summed E-state index contributed by atoms with van der Waals surface area (Å²) in [6.07, 6.45) is 4.15. The third-order valence-corrected chi connectivity index (χ3v) is 4.92. The van der Waals surface area contributed by atoms with Crippen LogP contribution in [-0.4, -0.2) is 27.5 Å². The lowest BCUT2D eigenvalue weighted by Gasteiger charge is -2.09. The molecule has 0 saturated heterocycles. The van der Waals surface area contributed by atoms with E-state index in [9.17, 15) is 4.79 Å². The summed E-state index contributed by atoms with van der Waals surface area (Å²) in [5.41, 5.74) is 3.65. The van der Waals surface area contributed by atoms with Gasteiger partial charge in [-0.1, -0.05) is 48.9 Å². The predicted octanol–water partition coefficient (Wildman–Crippen LogP) is 5.83. The molecule has 2 aromatic carbocycles. The van der Waals surface area contributed by atoms with E-state index in [4.69, 9.17) is 16.3 Å². The number of halogens is 1. The molecule has 2 N–H and O–H groups in total. The standard InChI is InChI=1S/C24H21ClN4O2/c1-2-12-31-22-11-8-17(14-26-22)24(30)28-18-9-10-20(25)19(13-18)23-27-15-21(29-23)16-6-4-3-5-7-16/h3-11,13-15H,2,12H2,1H3,(H,27,29)(H,28,30). The van der Waals surface area contributed by atoms with E-state index in [1.54, 1.807) is 36.5 Å². The van der Waals surface area contributed by atoms with Crippen molar-refractivity contribution in [1.29, 1.82) is 0 Å². The number of benzene rings is 2. The summed E-state index contributed by atoms with van der Waals surface area (Å²) in [6, 6.07) is 18.5. The summed E-state index contributed by atoms with van der Waals surface area (Å²) in [5.74, 6) is 0.852. The molecule has 7 heteroatoms. The summed E-state index contributed by atoms with van der Waals surface area (Å²) < 4.78 is 5.45. The molecule has 31 heavy (non-hydrogen) atoms. The second kappa shape index (κ2) is 9.45. The zero-order chi connectivity index (χ0) is 21.6. The molecule has 6 nitrogen and oxygen atoms in total. The van der Waals surface area contributed by atoms with Crippen LogP contribution in [0.5, 0.6) is 5.88 Å². The first-order valence-corrected chi connectivity index (χ1v) is 10.3. The average Bonchev–Trinajstić information content (AvgIpc) is 3.30. The predicted molar refractivity (Wildman–Crippen MR) is 122 cm³/mol. The van der Waals surface area contributed by atoms with Gasteiger partial charge in [-0.15, -0.1) is 0 Å². The molecule has 4 rings (SSSR count). The van der Waals surface area contributed by atoms with Crippen molar-refractivity contribution < 1.29 is 9.53 Å². The van der Waals surface area contributed by atoms with Gasteiger partial charge in [-0.3, -0.25) is 4.79 Å². The maximum Gasteiger partial charge on any atom is 0.257 e. The SMILES string of the molecule is CCCOc1ccc(C(=O)Nc2ccc(Cl)c(-c3ncc(-c4ccccc4)[nH]3)c2)cn1. The highest BCUT2D eigenvalue weighted by Crippen LogP contribution is 2.30. The number of hydrogen-bond acceptors (Lipinski definition) is 4. The summed E-state index contributed by atoms with van der Waals surface area (Å²) in [5, 5.41) is 3.41. The molecule has 0 fully saturated rings. The molecule has 1 amide bonds. The number of ether oxygens (including phenoxy) is 1. The molecular weight excluding hydrogens is 412 g/mol. The van der Waals surface area contributed by atoms with E-state index in [0.29, 0.717) is 40.1 Å². The van der Waals surface area contributed by atoms with E-state index >= 15 is 0 Å². The van der Waals surface area contributed by atoms with Gasteiger partial charge in [0.25, 0.3) is 5.91 Å². The number of carbonyl (C=O) groups is 1. The van der Waals surface area contributed by atoms with E-state index in [-0.39, 0.29) is 5.91 Å². The van der Waals surface area contributed by atoms with Crippen LogP contribution in [0, 0.1) is 0 Å². The summed E-state index contributed by atoms with van der Waals surface area (Å²) in [4.78, 5) is 24.5. The van der Waals surface area contributed by atoms with Gasteiger partial charge < -0.3 is 15.0 Å². The van der Waals surface area contributed by atoms with E-state index in [2.05, 4.69) is 20.3 Å². The fourth-order valence-electron chi connectivity index (χ4n) is 3.02. The van der Waals surface area contributed by atoms with Crippen LogP contribution in [0.1, 0.15) is 23.7 Å². The van der Waals surface area contributed by atoms with Gasteiger partial charge in [0, 0.05) is 23.5 Å². The number of rotatable bonds is 7. The Labute approximate surface area is 185 Å². The Morgan fingerprint density at radius 2 is 1.90 bits per heavy atom. The number of aromatic amines is 1. The average molecular weight is 433 g/mol. The molecule has 4 aromatic rings. The Morgan fingerprint density at radius 1 is 1.06 bits per heavy atom. The van der Waals surface area contributed by atoms with Gasteiger partial charge in [0.2, 0.25) is 5.88 Å². The molecule has 0 spiro atoms. The molecule has 0 aliphatic carbocycles. The van der Waals surface area contributed by atoms with Crippen LogP contribution in [0.15, 0.2) is 73.1 Å². The van der Waals surface area contributed by atoms with Crippen LogP contribution in [-0.2, 0) is 0 Å². The van der Waals surface area contributed by atoms with Crippen molar-refractivity contribution in [3.05, 3.63) is 83.6 Å². The molecule has 156 valence electrons. The number of hydrogen-bond donors (Lipinski definition) is 2. The minimum atomic E-state index is -0.271. The molecule has 2 aromatic heterocycles. The van der Waals surface area contributed by atoms with Gasteiger partial charge in [-0.25, -0.2) is 9.97 Å². The van der Waals surface area contributed by atoms with Gasteiger partial charge >= 0.3 is 0 Å². The highest BCUT2D eigenvalue weighted by atomic mass is 35.5. The Morgan fingerprint density at radius 3 is 2.65 bits per heavy atom. The topological polar surface area (TPSA) is 79.9 Å². The van der Waals surface area contributed by atoms with Crippen LogP contribution in [0.4, 0.5) is 5.69 Å². The third kappa shape index (κ3) is 4.92.